The van der Waals surface area contributed by atoms with Crippen molar-refractivity contribution in [2.45, 2.75) is 38.5 Å². The minimum Gasteiger partial charge on any atom is -0.497 e. The maximum Gasteiger partial charge on any atom is 0.240 e. The van der Waals surface area contributed by atoms with Gasteiger partial charge in [0.15, 0.2) is 11.5 Å². The number of benzene rings is 2. The van der Waals surface area contributed by atoms with Crippen LogP contribution in [0.15, 0.2) is 41.5 Å². The molecule has 154 valence electrons. The maximum atomic E-state index is 12.2. The first-order chi connectivity index (χ1) is 14.1. The number of amides is 1. The molecule has 1 aliphatic rings. The van der Waals surface area contributed by atoms with Crippen molar-refractivity contribution < 1.29 is 19.0 Å². The van der Waals surface area contributed by atoms with Crippen LogP contribution < -0.4 is 19.6 Å². The van der Waals surface area contributed by atoms with Crippen LogP contribution in [0, 0.1) is 0 Å². The zero-order valence-electron chi connectivity index (χ0n) is 17.3. The number of nitrogens with zero attached hydrogens (tertiary/aromatic N) is 1. The number of carbonyl (C=O) groups excluding carboxylic acids is 1. The van der Waals surface area contributed by atoms with E-state index in [0.29, 0.717) is 12.2 Å². The van der Waals surface area contributed by atoms with Gasteiger partial charge in [-0.05, 0) is 67.5 Å². The molecule has 0 fully saturated rings. The number of hydrogen-bond acceptors (Lipinski definition) is 5. The highest BCUT2D eigenvalue weighted by atomic mass is 16.5. The van der Waals surface area contributed by atoms with Crippen LogP contribution in [0.4, 0.5) is 0 Å². The Balaban J connectivity index is 1.58. The van der Waals surface area contributed by atoms with Crippen molar-refractivity contribution in [1.29, 1.82) is 0 Å². The Morgan fingerprint density at radius 2 is 1.72 bits per heavy atom. The van der Waals surface area contributed by atoms with Crippen molar-refractivity contribution in [3.8, 4) is 17.2 Å². The molecule has 0 saturated heterocycles. The molecule has 0 bridgehead atoms. The van der Waals surface area contributed by atoms with Crippen molar-refractivity contribution in [2.75, 3.05) is 21.3 Å². The fourth-order valence-electron chi connectivity index (χ4n) is 3.52. The zero-order valence-corrected chi connectivity index (χ0v) is 17.3. The maximum absolute atomic E-state index is 12.2. The Bertz CT molecular complexity index is 875. The summed E-state index contributed by atoms with van der Waals surface area (Å²) in [6.45, 7) is 0. The average Bonchev–Trinajstić information content (AvgIpc) is 2.77. The van der Waals surface area contributed by atoms with Gasteiger partial charge in [0, 0.05) is 12.0 Å². The summed E-state index contributed by atoms with van der Waals surface area (Å²) in [5.41, 5.74) is 6.98. The average molecular weight is 396 g/mol. The molecule has 0 unspecified atom stereocenters. The van der Waals surface area contributed by atoms with Crippen LogP contribution >= 0.6 is 0 Å². The predicted octanol–water partition coefficient (Wildman–Crippen LogP) is 3.89. The van der Waals surface area contributed by atoms with E-state index in [-0.39, 0.29) is 5.91 Å². The third kappa shape index (κ3) is 5.28. The van der Waals surface area contributed by atoms with Crippen molar-refractivity contribution in [3.63, 3.8) is 0 Å². The molecule has 29 heavy (non-hydrogen) atoms. The SMILES string of the molecule is COc1ccc(CCCC(=O)NN=C2CCCc3cc(OC)c(OC)cc32)cc1. The van der Waals surface area contributed by atoms with Gasteiger partial charge in [0.2, 0.25) is 5.91 Å². The van der Waals surface area contributed by atoms with Crippen molar-refractivity contribution in [1.82, 2.24) is 5.43 Å². The molecule has 0 aliphatic heterocycles. The molecule has 2 aromatic carbocycles. The van der Waals surface area contributed by atoms with Gasteiger partial charge in [-0.3, -0.25) is 4.79 Å². The molecule has 6 heteroatoms. The minimum atomic E-state index is -0.0707. The molecule has 6 nitrogen and oxygen atoms in total. The first-order valence-electron chi connectivity index (χ1n) is 9.88. The molecule has 0 radical (unpaired) electrons. The summed E-state index contributed by atoms with van der Waals surface area (Å²) in [5.74, 6) is 2.16. The van der Waals surface area contributed by atoms with Gasteiger partial charge in [0.1, 0.15) is 5.75 Å². The quantitative estimate of drug-likeness (QED) is 0.688. The first-order valence-corrected chi connectivity index (χ1v) is 9.88. The van der Waals surface area contributed by atoms with Gasteiger partial charge < -0.3 is 14.2 Å². The number of fused-ring (bicyclic) bond motifs is 1. The van der Waals surface area contributed by atoms with Crippen LogP contribution in [0.25, 0.3) is 0 Å². The van der Waals surface area contributed by atoms with E-state index in [2.05, 4.69) is 10.5 Å². The lowest BCUT2D eigenvalue weighted by molar-refractivity contribution is -0.121. The number of methoxy groups -OCH3 is 3. The number of hydrazone groups is 1. The number of ether oxygens (including phenoxy) is 3. The molecular formula is C23H28N2O4. The zero-order chi connectivity index (χ0) is 20.6. The van der Waals surface area contributed by atoms with Crippen LogP contribution in [0.3, 0.4) is 0 Å². The third-order valence-corrected chi connectivity index (χ3v) is 5.12. The lowest BCUT2D eigenvalue weighted by Gasteiger charge is -2.20. The summed E-state index contributed by atoms with van der Waals surface area (Å²) in [6.07, 6.45) is 4.83. The van der Waals surface area contributed by atoms with Gasteiger partial charge in [0.25, 0.3) is 0 Å². The van der Waals surface area contributed by atoms with Crippen LogP contribution in [0.5, 0.6) is 17.2 Å². The highest BCUT2D eigenvalue weighted by Crippen LogP contribution is 2.34. The summed E-state index contributed by atoms with van der Waals surface area (Å²) in [4.78, 5) is 12.2. The number of nitrogens with one attached hydrogen (secondary N) is 1. The van der Waals surface area contributed by atoms with E-state index in [9.17, 15) is 4.79 Å². The Labute approximate surface area is 171 Å². The number of rotatable bonds is 8. The third-order valence-electron chi connectivity index (χ3n) is 5.12. The second kappa shape index (κ2) is 9.96. The molecule has 3 rings (SSSR count). The number of aryl methyl sites for hydroxylation is 2. The largest absolute Gasteiger partial charge is 0.497 e. The van der Waals surface area contributed by atoms with Gasteiger partial charge >= 0.3 is 0 Å². The Hall–Kier alpha value is -3.02. The Kier molecular flexibility index (Phi) is 7.11. The van der Waals surface area contributed by atoms with Crippen LogP contribution in [0.2, 0.25) is 0 Å². The second-order valence-electron chi connectivity index (χ2n) is 7.01. The molecule has 0 spiro atoms. The molecule has 2 aromatic rings. The molecule has 1 N–H and O–H groups in total. The topological polar surface area (TPSA) is 69.2 Å². The van der Waals surface area contributed by atoms with Crippen molar-refractivity contribution >= 4 is 11.6 Å². The molecule has 1 aliphatic carbocycles. The number of hydrogen-bond donors (Lipinski definition) is 1. The van der Waals surface area contributed by atoms with E-state index in [1.165, 1.54) is 11.1 Å². The van der Waals surface area contributed by atoms with E-state index in [1.54, 1.807) is 21.3 Å². The van der Waals surface area contributed by atoms with Gasteiger partial charge in [-0.1, -0.05) is 12.1 Å². The standard InChI is InChI=1S/C23H28N2O4/c1-27-18-12-10-16(11-13-18)6-4-9-23(26)25-24-20-8-5-7-17-14-21(28-2)22(29-3)15-19(17)20/h10-15H,4-9H2,1-3H3,(H,25,26). The molecule has 1 amide bonds. The minimum absolute atomic E-state index is 0.0707. The van der Waals surface area contributed by atoms with E-state index in [4.69, 9.17) is 14.2 Å². The lowest BCUT2D eigenvalue weighted by atomic mass is 9.89. The van der Waals surface area contributed by atoms with E-state index < -0.39 is 0 Å². The molecule has 0 aromatic heterocycles. The molecule has 0 atom stereocenters. The summed E-state index contributed by atoms with van der Waals surface area (Å²) in [6, 6.07) is 11.9. The van der Waals surface area contributed by atoms with Gasteiger partial charge in [0.05, 0.1) is 27.0 Å². The van der Waals surface area contributed by atoms with Gasteiger partial charge in [-0.15, -0.1) is 0 Å². The second-order valence-corrected chi connectivity index (χ2v) is 7.01. The van der Waals surface area contributed by atoms with Crippen molar-refractivity contribution in [3.05, 3.63) is 53.1 Å². The first kappa shape index (κ1) is 20.7. The van der Waals surface area contributed by atoms with E-state index in [1.807, 2.05) is 36.4 Å². The summed E-state index contributed by atoms with van der Waals surface area (Å²) >= 11 is 0. The van der Waals surface area contributed by atoms with Gasteiger partial charge in [-0.2, -0.15) is 5.10 Å². The Morgan fingerprint density at radius 3 is 2.41 bits per heavy atom. The van der Waals surface area contributed by atoms with Crippen LogP contribution in [-0.2, 0) is 17.6 Å². The monoisotopic (exact) mass is 396 g/mol. The predicted molar refractivity (Wildman–Crippen MR) is 113 cm³/mol. The van der Waals surface area contributed by atoms with E-state index >= 15 is 0 Å². The highest BCUT2D eigenvalue weighted by molar-refractivity contribution is 6.03. The normalized spacial score (nSPS) is 14.2. The lowest BCUT2D eigenvalue weighted by Crippen LogP contribution is -2.22. The summed E-state index contributed by atoms with van der Waals surface area (Å²) in [7, 11) is 4.90. The summed E-state index contributed by atoms with van der Waals surface area (Å²) in [5, 5.41) is 4.41. The van der Waals surface area contributed by atoms with Crippen LogP contribution in [0.1, 0.15) is 42.4 Å². The fourth-order valence-corrected chi connectivity index (χ4v) is 3.52. The van der Waals surface area contributed by atoms with Crippen molar-refractivity contribution in [2.24, 2.45) is 5.10 Å². The molecule has 0 saturated carbocycles. The fraction of sp³-hybridized carbons (Fsp3) is 0.391. The smallest absolute Gasteiger partial charge is 0.240 e. The van der Waals surface area contributed by atoms with E-state index in [0.717, 1.165) is 54.9 Å². The number of carbonyl (C=O) groups is 1. The Morgan fingerprint density at radius 1 is 1.00 bits per heavy atom. The van der Waals surface area contributed by atoms with Crippen LogP contribution in [-0.4, -0.2) is 32.9 Å². The molecular weight excluding hydrogens is 368 g/mol. The summed E-state index contributed by atoms with van der Waals surface area (Å²) < 4.78 is 16.0. The molecule has 0 heterocycles. The highest BCUT2D eigenvalue weighted by Gasteiger charge is 2.19. The van der Waals surface area contributed by atoms with Gasteiger partial charge in [-0.25, -0.2) is 5.43 Å².